The molecule has 6 nitrogen and oxygen atoms in total. The van der Waals surface area contributed by atoms with Gasteiger partial charge in [0.05, 0.1) is 17.0 Å². The van der Waals surface area contributed by atoms with Crippen molar-refractivity contribution in [3.05, 3.63) is 131 Å². The molecule has 0 bridgehead atoms. The lowest BCUT2D eigenvalue weighted by Gasteiger charge is -2.32. The standard InChI is InChI=1S/C33H15F5N6/c34-15-1-5-20-21-6-2-16(35)10-25(21)30(24(20)9-15)31-39-28-13-19(38)14-29-40-32(42-33(41-31)44(28)29)43-26-11-17(36)3-7-22(26)23-8-4-18(37)12-27(23)43/h1-14,30H. The highest BCUT2D eigenvalue weighted by atomic mass is 19.1. The lowest BCUT2D eigenvalue weighted by atomic mass is 9.95. The zero-order chi connectivity index (χ0) is 29.9. The number of fused-ring (bicyclic) bond motifs is 6. The average molecular weight is 591 g/mol. The third kappa shape index (κ3) is 3.46. The molecule has 4 heterocycles. The third-order valence-electron chi connectivity index (χ3n) is 8.14. The fourth-order valence-electron chi connectivity index (χ4n) is 6.38. The Bertz CT molecular complexity index is 2250. The second kappa shape index (κ2) is 8.66. The van der Waals surface area contributed by atoms with Gasteiger partial charge in [-0.1, -0.05) is 12.1 Å². The number of allylic oxidation sites excluding steroid dienone is 2. The molecule has 44 heavy (non-hydrogen) atoms. The molecule has 0 radical (unpaired) electrons. The Balaban J connectivity index is 1.29. The first kappa shape index (κ1) is 24.8. The van der Waals surface area contributed by atoms with E-state index in [1.807, 2.05) is 0 Å². The zero-order valence-corrected chi connectivity index (χ0v) is 22.2. The van der Waals surface area contributed by atoms with Crippen molar-refractivity contribution in [3.8, 4) is 11.1 Å². The van der Waals surface area contributed by atoms with Crippen LogP contribution in [0.15, 0.2) is 117 Å². The van der Waals surface area contributed by atoms with Crippen molar-refractivity contribution in [1.82, 2.24) is 9.47 Å². The topological polar surface area (TPSA) is 57.6 Å². The van der Waals surface area contributed by atoms with E-state index in [1.54, 1.807) is 24.3 Å². The predicted octanol–water partition coefficient (Wildman–Crippen LogP) is 7.56. The van der Waals surface area contributed by atoms with Crippen molar-refractivity contribution in [2.45, 2.75) is 5.92 Å². The third-order valence-corrected chi connectivity index (χ3v) is 8.14. The van der Waals surface area contributed by atoms with Crippen molar-refractivity contribution in [3.63, 3.8) is 0 Å². The van der Waals surface area contributed by atoms with E-state index >= 15 is 4.39 Å². The number of aliphatic imine (C=N–C) groups is 4. The Morgan fingerprint density at radius 1 is 0.545 bits per heavy atom. The number of aromatic nitrogens is 1. The molecule has 0 unspecified atom stereocenters. The SMILES string of the molecule is FC1=CC2=NC(C3c4cc(F)ccc4-c4ccc(F)cc43)=NC3=NC(n4c5cc(F)ccc5c5ccc(F)cc54)=NC(=C1)N23. The van der Waals surface area contributed by atoms with Crippen molar-refractivity contribution in [1.29, 1.82) is 0 Å². The molecule has 0 saturated carbocycles. The van der Waals surface area contributed by atoms with Crippen LogP contribution in [0.2, 0.25) is 0 Å². The summed E-state index contributed by atoms with van der Waals surface area (Å²) in [5.41, 5.74) is 3.18. The molecule has 3 aliphatic heterocycles. The lowest BCUT2D eigenvalue weighted by Crippen LogP contribution is -2.43. The first-order valence-corrected chi connectivity index (χ1v) is 13.5. The molecule has 0 N–H and O–H groups in total. The van der Waals surface area contributed by atoms with Gasteiger partial charge in [0.1, 0.15) is 46.6 Å². The number of nitrogens with zero attached hydrogens (tertiary/aromatic N) is 6. The highest BCUT2D eigenvalue weighted by Gasteiger charge is 2.39. The van der Waals surface area contributed by atoms with Crippen LogP contribution in [0.4, 0.5) is 22.0 Å². The van der Waals surface area contributed by atoms with Crippen molar-refractivity contribution in [2.75, 3.05) is 0 Å². The van der Waals surface area contributed by atoms with Gasteiger partial charge in [-0.25, -0.2) is 31.8 Å². The fourth-order valence-corrected chi connectivity index (χ4v) is 6.38. The Kier molecular flexibility index (Phi) is 4.89. The molecule has 1 aromatic heterocycles. The Labute approximate surface area is 244 Å². The van der Waals surface area contributed by atoms with Crippen LogP contribution in [-0.4, -0.2) is 33.1 Å². The smallest absolute Gasteiger partial charge is 0.242 e. The molecular weight excluding hydrogens is 575 g/mol. The number of guanidine groups is 1. The molecule has 5 aromatic rings. The summed E-state index contributed by atoms with van der Waals surface area (Å²) in [6, 6.07) is 17.0. The highest BCUT2D eigenvalue weighted by Crippen LogP contribution is 2.47. The number of hydrogen-bond donors (Lipinski definition) is 0. The summed E-state index contributed by atoms with van der Waals surface area (Å²) in [6.45, 7) is 0. The van der Waals surface area contributed by atoms with E-state index in [4.69, 9.17) is 4.99 Å². The second-order valence-electron chi connectivity index (χ2n) is 10.7. The molecule has 0 atom stereocenters. The summed E-state index contributed by atoms with van der Waals surface area (Å²) in [4.78, 5) is 20.0. The van der Waals surface area contributed by atoms with Crippen LogP contribution in [0.5, 0.6) is 0 Å². The fraction of sp³-hybridized carbons (Fsp3) is 0.0303. The van der Waals surface area contributed by atoms with E-state index in [0.29, 0.717) is 44.1 Å². The minimum Gasteiger partial charge on any atom is -0.278 e. The van der Waals surface area contributed by atoms with Crippen molar-refractivity contribution in [2.24, 2.45) is 20.0 Å². The molecule has 4 aliphatic rings. The van der Waals surface area contributed by atoms with Gasteiger partial charge in [0.25, 0.3) is 0 Å². The lowest BCUT2D eigenvalue weighted by molar-refractivity contribution is 0.624. The second-order valence-corrected chi connectivity index (χ2v) is 10.7. The van der Waals surface area contributed by atoms with E-state index in [2.05, 4.69) is 15.0 Å². The van der Waals surface area contributed by atoms with Gasteiger partial charge in [-0.3, -0.25) is 4.57 Å². The summed E-state index contributed by atoms with van der Waals surface area (Å²) < 4.78 is 74.6. The van der Waals surface area contributed by atoms with Crippen LogP contribution < -0.4 is 0 Å². The molecule has 4 aromatic carbocycles. The maximum Gasteiger partial charge on any atom is 0.242 e. The Hall–Kier alpha value is -5.71. The molecule has 0 fully saturated rings. The predicted molar refractivity (Wildman–Crippen MR) is 157 cm³/mol. The van der Waals surface area contributed by atoms with Gasteiger partial charge < -0.3 is 0 Å². The molecule has 212 valence electrons. The molecule has 1 aliphatic carbocycles. The number of amidine groups is 2. The van der Waals surface area contributed by atoms with Crippen molar-refractivity contribution < 1.29 is 22.0 Å². The summed E-state index contributed by atoms with van der Waals surface area (Å²) >= 11 is 0. The number of hydrogen-bond acceptors (Lipinski definition) is 5. The maximum absolute atomic E-state index is 15.0. The van der Waals surface area contributed by atoms with E-state index in [1.165, 1.54) is 70.1 Å². The number of rotatable bonds is 1. The van der Waals surface area contributed by atoms with Gasteiger partial charge in [-0.2, -0.15) is 15.0 Å². The van der Waals surface area contributed by atoms with Crippen LogP contribution in [0.1, 0.15) is 17.0 Å². The minimum atomic E-state index is -0.784. The first-order chi connectivity index (χ1) is 21.3. The van der Waals surface area contributed by atoms with Crippen LogP contribution >= 0.6 is 0 Å². The average Bonchev–Trinajstić information content (AvgIpc) is 3.46. The summed E-state index contributed by atoms with van der Waals surface area (Å²) in [5.74, 6) is -3.07. The van der Waals surface area contributed by atoms with Gasteiger partial charge in [-0.05, 0) is 82.9 Å². The zero-order valence-electron chi connectivity index (χ0n) is 22.2. The summed E-state index contributed by atoms with van der Waals surface area (Å²) in [5, 5.41) is 1.27. The van der Waals surface area contributed by atoms with E-state index in [9.17, 15) is 17.6 Å². The molecule has 0 amide bonds. The largest absolute Gasteiger partial charge is 0.278 e. The summed E-state index contributed by atoms with van der Waals surface area (Å²) in [7, 11) is 0. The maximum atomic E-state index is 15.0. The molecular formula is C33H15F5N6. The normalized spacial score (nSPS) is 17.0. The van der Waals surface area contributed by atoms with E-state index in [-0.39, 0.29) is 29.4 Å². The number of halogens is 5. The van der Waals surface area contributed by atoms with Gasteiger partial charge in [0, 0.05) is 22.9 Å². The molecule has 11 heteroatoms. The Morgan fingerprint density at radius 2 is 1.11 bits per heavy atom. The number of benzene rings is 4. The van der Waals surface area contributed by atoms with E-state index in [0.717, 1.165) is 0 Å². The molecule has 0 saturated heterocycles. The van der Waals surface area contributed by atoms with Crippen LogP contribution in [0.3, 0.4) is 0 Å². The summed E-state index contributed by atoms with van der Waals surface area (Å²) in [6.07, 6.45) is 2.36. The van der Waals surface area contributed by atoms with Gasteiger partial charge in [0.2, 0.25) is 11.9 Å². The quantitative estimate of drug-likeness (QED) is 0.186. The van der Waals surface area contributed by atoms with Gasteiger partial charge in [0.15, 0.2) is 0 Å². The molecule has 9 rings (SSSR count). The highest BCUT2D eigenvalue weighted by molar-refractivity contribution is 6.24. The van der Waals surface area contributed by atoms with Gasteiger partial charge in [-0.15, -0.1) is 0 Å². The van der Waals surface area contributed by atoms with Crippen LogP contribution in [0, 0.1) is 23.3 Å². The molecule has 0 spiro atoms. The van der Waals surface area contributed by atoms with E-state index < -0.39 is 35.0 Å². The first-order valence-electron chi connectivity index (χ1n) is 13.5. The van der Waals surface area contributed by atoms with Crippen molar-refractivity contribution >= 4 is 45.4 Å². The minimum absolute atomic E-state index is 0.0120. The Morgan fingerprint density at radius 3 is 1.73 bits per heavy atom. The van der Waals surface area contributed by atoms with Gasteiger partial charge >= 0.3 is 0 Å². The monoisotopic (exact) mass is 590 g/mol. The van der Waals surface area contributed by atoms with Crippen LogP contribution in [-0.2, 0) is 0 Å². The van der Waals surface area contributed by atoms with Crippen LogP contribution in [0.25, 0.3) is 32.9 Å².